The predicted molar refractivity (Wildman–Crippen MR) is 95.1 cm³/mol. The Balaban J connectivity index is 1.52. The molecule has 2 aromatic rings. The Labute approximate surface area is 153 Å². The average molecular weight is 376 g/mol. The fraction of sp³-hybridized carbons (Fsp3) is 0.176. The number of benzene rings is 1. The van der Waals surface area contributed by atoms with E-state index in [-0.39, 0.29) is 11.8 Å². The van der Waals surface area contributed by atoms with Gasteiger partial charge in [0.2, 0.25) is 5.91 Å². The molecule has 6 nitrogen and oxygen atoms in total. The first kappa shape index (κ1) is 16.3. The molecular formula is C17H14ClN3O3S. The maximum atomic E-state index is 12.6. The van der Waals surface area contributed by atoms with E-state index in [0.29, 0.717) is 22.1 Å². The predicted octanol–water partition coefficient (Wildman–Crippen LogP) is 2.38. The third-order valence-corrected chi connectivity index (χ3v) is 5.45. The molecule has 3 heterocycles. The Morgan fingerprint density at radius 3 is 2.84 bits per heavy atom. The largest absolute Gasteiger partial charge is 0.465 e. The molecule has 2 aliphatic rings. The van der Waals surface area contributed by atoms with Crippen LogP contribution in [-0.4, -0.2) is 28.4 Å². The van der Waals surface area contributed by atoms with E-state index < -0.39 is 11.5 Å². The van der Waals surface area contributed by atoms with E-state index in [1.165, 1.54) is 16.8 Å². The molecule has 2 unspecified atom stereocenters. The lowest BCUT2D eigenvalue weighted by Crippen LogP contribution is -2.65. The minimum atomic E-state index is -0.566. The zero-order chi connectivity index (χ0) is 17.4. The molecule has 1 aromatic carbocycles. The molecule has 0 aliphatic carbocycles. The number of carbonyl (C=O) groups is 2. The van der Waals surface area contributed by atoms with E-state index in [0.717, 1.165) is 5.56 Å². The summed E-state index contributed by atoms with van der Waals surface area (Å²) in [6, 6.07) is 10.3. The lowest BCUT2D eigenvalue weighted by atomic mass is 10.1. The molecule has 2 aliphatic heterocycles. The minimum absolute atomic E-state index is 0.166. The number of thioether (sulfide) groups is 1. The molecule has 2 amide bonds. The highest BCUT2D eigenvalue weighted by Crippen LogP contribution is 2.35. The monoisotopic (exact) mass is 375 g/mol. The summed E-state index contributed by atoms with van der Waals surface area (Å²) >= 11 is 7.44. The van der Waals surface area contributed by atoms with Crippen LogP contribution in [0.4, 0.5) is 0 Å². The van der Waals surface area contributed by atoms with Crippen LogP contribution in [0.25, 0.3) is 6.08 Å². The van der Waals surface area contributed by atoms with Gasteiger partial charge in [-0.3, -0.25) is 9.59 Å². The van der Waals surface area contributed by atoms with Gasteiger partial charge in [0, 0.05) is 11.1 Å². The highest BCUT2D eigenvalue weighted by molar-refractivity contribution is 8.05. The summed E-state index contributed by atoms with van der Waals surface area (Å²) in [5, 5.41) is 4.90. The number of hydrogen-bond acceptors (Lipinski definition) is 5. The molecule has 2 N–H and O–H groups in total. The van der Waals surface area contributed by atoms with Crippen LogP contribution in [0.3, 0.4) is 0 Å². The van der Waals surface area contributed by atoms with Crippen molar-refractivity contribution in [3.63, 3.8) is 0 Å². The maximum absolute atomic E-state index is 12.6. The number of hydrazine groups is 1. The Morgan fingerprint density at radius 2 is 2.08 bits per heavy atom. The van der Waals surface area contributed by atoms with Gasteiger partial charge in [-0.05, 0) is 30.2 Å². The minimum Gasteiger partial charge on any atom is -0.465 e. The van der Waals surface area contributed by atoms with E-state index >= 15 is 0 Å². The standard InChI is InChI=1S/C17H14ClN3O3S/c18-12-6-2-1-4-10(12)8-13-15(22)19-17-21(20-13)16(23)14(25-17)9-11-5-3-7-24-11/h1-7,9,13,17,20H,8H2,(H,19,22)/b14-9-. The molecule has 2 fully saturated rings. The number of rotatable bonds is 3. The van der Waals surface area contributed by atoms with Gasteiger partial charge in [-0.25, -0.2) is 10.4 Å². The summed E-state index contributed by atoms with van der Waals surface area (Å²) < 4.78 is 5.25. The highest BCUT2D eigenvalue weighted by Gasteiger charge is 2.43. The van der Waals surface area contributed by atoms with Crippen molar-refractivity contribution in [1.29, 1.82) is 0 Å². The number of nitrogens with one attached hydrogen (secondary N) is 2. The van der Waals surface area contributed by atoms with Crippen LogP contribution in [0, 0.1) is 0 Å². The summed E-state index contributed by atoms with van der Waals surface area (Å²) in [5.41, 5.74) is 3.40. The van der Waals surface area contributed by atoms with Crippen molar-refractivity contribution in [2.75, 3.05) is 0 Å². The summed E-state index contributed by atoms with van der Waals surface area (Å²) in [4.78, 5) is 25.5. The molecule has 1 aromatic heterocycles. The van der Waals surface area contributed by atoms with E-state index in [1.54, 1.807) is 30.5 Å². The number of nitrogens with zero attached hydrogens (tertiary/aromatic N) is 1. The first-order valence-corrected chi connectivity index (χ1v) is 8.93. The van der Waals surface area contributed by atoms with Crippen LogP contribution in [0.15, 0.2) is 52.0 Å². The third-order valence-electron chi connectivity index (χ3n) is 3.98. The second-order valence-electron chi connectivity index (χ2n) is 5.66. The Bertz CT molecular complexity index is 853. The van der Waals surface area contributed by atoms with E-state index in [4.69, 9.17) is 16.0 Å². The van der Waals surface area contributed by atoms with Gasteiger partial charge in [-0.2, -0.15) is 0 Å². The lowest BCUT2D eigenvalue weighted by Gasteiger charge is -2.35. The Kier molecular flexibility index (Phi) is 4.29. The van der Waals surface area contributed by atoms with Gasteiger partial charge >= 0.3 is 0 Å². The van der Waals surface area contributed by atoms with Gasteiger partial charge in [0.1, 0.15) is 11.8 Å². The molecule has 2 saturated heterocycles. The maximum Gasteiger partial charge on any atom is 0.277 e. The van der Waals surface area contributed by atoms with Crippen molar-refractivity contribution in [2.45, 2.75) is 18.0 Å². The molecule has 128 valence electrons. The number of hydrogen-bond donors (Lipinski definition) is 2. The molecule has 0 bridgehead atoms. The van der Waals surface area contributed by atoms with Crippen molar-refractivity contribution >= 4 is 41.3 Å². The van der Waals surface area contributed by atoms with Crippen molar-refractivity contribution in [1.82, 2.24) is 15.8 Å². The van der Waals surface area contributed by atoms with Gasteiger partial charge in [0.25, 0.3) is 5.91 Å². The van der Waals surface area contributed by atoms with Crippen LogP contribution in [0.1, 0.15) is 11.3 Å². The quantitative estimate of drug-likeness (QED) is 0.806. The number of fused-ring (bicyclic) bond motifs is 1. The Hall–Kier alpha value is -2.22. The number of carbonyl (C=O) groups excluding carboxylic acids is 2. The summed E-state index contributed by atoms with van der Waals surface area (Å²) in [6.45, 7) is 0. The smallest absolute Gasteiger partial charge is 0.277 e. The normalized spacial score (nSPS) is 24.5. The van der Waals surface area contributed by atoms with Crippen molar-refractivity contribution in [3.8, 4) is 0 Å². The van der Waals surface area contributed by atoms with Crippen LogP contribution in [-0.2, 0) is 16.0 Å². The van der Waals surface area contributed by atoms with Crippen LogP contribution in [0.5, 0.6) is 0 Å². The fourth-order valence-electron chi connectivity index (χ4n) is 2.74. The van der Waals surface area contributed by atoms with E-state index in [9.17, 15) is 9.59 Å². The molecule has 2 atom stereocenters. The van der Waals surface area contributed by atoms with Gasteiger partial charge in [0.15, 0.2) is 5.50 Å². The van der Waals surface area contributed by atoms with Gasteiger partial charge in [-0.1, -0.05) is 41.6 Å². The van der Waals surface area contributed by atoms with Crippen molar-refractivity contribution in [2.24, 2.45) is 0 Å². The number of furan rings is 1. The molecule has 4 rings (SSSR count). The summed E-state index contributed by atoms with van der Waals surface area (Å²) in [7, 11) is 0. The third kappa shape index (κ3) is 3.18. The first-order chi connectivity index (χ1) is 12.1. The molecule has 0 radical (unpaired) electrons. The fourth-order valence-corrected chi connectivity index (χ4v) is 4.01. The molecule has 0 saturated carbocycles. The van der Waals surface area contributed by atoms with Crippen LogP contribution >= 0.6 is 23.4 Å². The lowest BCUT2D eigenvalue weighted by molar-refractivity contribution is -0.139. The summed E-state index contributed by atoms with van der Waals surface area (Å²) in [6.07, 6.45) is 3.61. The zero-order valence-electron chi connectivity index (χ0n) is 12.9. The van der Waals surface area contributed by atoms with Gasteiger partial charge in [-0.15, -0.1) is 0 Å². The highest BCUT2D eigenvalue weighted by atomic mass is 35.5. The van der Waals surface area contributed by atoms with E-state index in [1.807, 2.05) is 18.2 Å². The first-order valence-electron chi connectivity index (χ1n) is 7.67. The second-order valence-corrected chi connectivity index (χ2v) is 7.18. The number of amides is 2. The van der Waals surface area contributed by atoms with Crippen molar-refractivity contribution in [3.05, 3.63) is 63.9 Å². The van der Waals surface area contributed by atoms with Gasteiger partial charge in [0.05, 0.1) is 11.2 Å². The molecule has 8 heteroatoms. The van der Waals surface area contributed by atoms with Gasteiger partial charge < -0.3 is 9.73 Å². The van der Waals surface area contributed by atoms with Crippen molar-refractivity contribution < 1.29 is 14.0 Å². The second kappa shape index (κ2) is 6.59. The zero-order valence-corrected chi connectivity index (χ0v) is 14.5. The topological polar surface area (TPSA) is 74.6 Å². The Morgan fingerprint density at radius 1 is 1.24 bits per heavy atom. The SMILES string of the molecule is O=C1NC2S/C(=C\c3ccco3)C(=O)N2NC1Cc1ccccc1Cl. The molecular weight excluding hydrogens is 362 g/mol. The van der Waals surface area contributed by atoms with E-state index in [2.05, 4.69) is 10.7 Å². The summed E-state index contributed by atoms with van der Waals surface area (Å²) in [5.74, 6) is 0.228. The molecule has 25 heavy (non-hydrogen) atoms. The average Bonchev–Trinajstić information content (AvgIpc) is 3.20. The van der Waals surface area contributed by atoms with Crippen LogP contribution in [0.2, 0.25) is 5.02 Å². The number of halogens is 1. The molecule has 0 spiro atoms. The van der Waals surface area contributed by atoms with Crippen LogP contribution < -0.4 is 10.7 Å².